The second-order valence-electron chi connectivity index (χ2n) is 5.57. The highest BCUT2D eigenvalue weighted by Gasteiger charge is 2.05. The van der Waals surface area contributed by atoms with E-state index in [1.807, 2.05) is 12.1 Å². The molecule has 3 N–H and O–H groups in total. The lowest BCUT2D eigenvalue weighted by molar-refractivity contribution is 0.0954. The van der Waals surface area contributed by atoms with E-state index in [9.17, 15) is 9.18 Å². The molecular weight excluding hydrogens is 526 g/mol. The maximum atomic E-state index is 12.9. The van der Waals surface area contributed by atoms with Crippen molar-refractivity contribution in [2.75, 3.05) is 26.7 Å². The summed E-state index contributed by atoms with van der Waals surface area (Å²) in [5, 5.41) is 9.18. The average Bonchev–Trinajstić information content (AvgIpc) is 2.65. The van der Waals surface area contributed by atoms with Gasteiger partial charge in [0.05, 0.1) is 0 Å². The van der Waals surface area contributed by atoms with Crippen LogP contribution >= 0.6 is 39.9 Å². The molecule has 0 spiro atoms. The van der Waals surface area contributed by atoms with Gasteiger partial charge >= 0.3 is 0 Å². The van der Waals surface area contributed by atoms with Crippen LogP contribution in [-0.2, 0) is 6.42 Å². The predicted octanol–water partition coefficient (Wildman–Crippen LogP) is 3.34. The quantitative estimate of drug-likeness (QED) is 0.215. The summed E-state index contributed by atoms with van der Waals surface area (Å²) in [7, 11) is 1.69. The molecule has 0 fully saturated rings. The fraction of sp³-hybridized carbons (Fsp3) is 0.263. The third kappa shape index (κ3) is 8.70. The molecule has 0 unspecified atom stereocenters. The van der Waals surface area contributed by atoms with Crippen molar-refractivity contribution in [3.8, 4) is 0 Å². The predicted molar refractivity (Wildman–Crippen MR) is 121 cm³/mol. The van der Waals surface area contributed by atoms with Gasteiger partial charge in [-0.15, -0.1) is 24.0 Å². The number of guanidine groups is 1. The number of amides is 1. The van der Waals surface area contributed by atoms with Crippen molar-refractivity contribution in [2.45, 2.75) is 6.42 Å². The van der Waals surface area contributed by atoms with Gasteiger partial charge in [-0.1, -0.05) is 34.1 Å². The fourth-order valence-corrected chi connectivity index (χ4v) is 2.68. The topological polar surface area (TPSA) is 65.5 Å². The van der Waals surface area contributed by atoms with Gasteiger partial charge in [-0.05, 0) is 42.3 Å². The zero-order valence-electron chi connectivity index (χ0n) is 15.0. The molecule has 0 aliphatic rings. The summed E-state index contributed by atoms with van der Waals surface area (Å²) >= 11 is 3.35. The highest BCUT2D eigenvalue weighted by atomic mass is 127. The molecule has 2 aromatic rings. The Kier molecular flexibility index (Phi) is 11.0. The van der Waals surface area contributed by atoms with Crippen LogP contribution in [0.2, 0.25) is 0 Å². The van der Waals surface area contributed by atoms with E-state index >= 15 is 0 Å². The number of rotatable bonds is 7. The molecule has 0 heterocycles. The largest absolute Gasteiger partial charge is 0.356 e. The Labute approximate surface area is 184 Å². The Morgan fingerprint density at radius 2 is 1.70 bits per heavy atom. The van der Waals surface area contributed by atoms with Crippen LogP contribution in [0.5, 0.6) is 0 Å². The number of carbonyl (C=O) groups excluding carboxylic acids is 1. The molecule has 0 saturated heterocycles. The van der Waals surface area contributed by atoms with Gasteiger partial charge in [0.15, 0.2) is 5.96 Å². The van der Waals surface area contributed by atoms with Gasteiger partial charge in [-0.3, -0.25) is 9.79 Å². The molecular formula is C19H23BrFIN4O. The first-order valence-corrected chi connectivity index (χ1v) is 9.10. The second-order valence-corrected chi connectivity index (χ2v) is 6.48. The van der Waals surface area contributed by atoms with Gasteiger partial charge in [0.2, 0.25) is 0 Å². The van der Waals surface area contributed by atoms with E-state index in [-0.39, 0.29) is 35.7 Å². The fourth-order valence-electron chi connectivity index (χ4n) is 2.29. The van der Waals surface area contributed by atoms with E-state index in [2.05, 4.69) is 36.9 Å². The first-order chi connectivity index (χ1) is 12.6. The van der Waals surface area contributed by atoms with Crippen molar-refractivity contribution >= 4 is 51.8 Å². The number of halogens is 3. The van der Waals surface area contributed by atoms with Crippen LogP contribution in [0.3, 0.4) is 0 Å². The van der Waals surface area contributed by atoms with Crippen LogP contribution in [0.4, 0.5) is 4.39 Å². The van der Waals surface area contributed by atoms with E-state index in [0.29, 0.717) is 31.2 Å². The smallest absolute Gasteiger partial charge is 0.251 e. The van der Waals surface area contributed by atoms with E-state index in [4.69, 9.17) is 0 Å². The summed E-state index contributed by atoms with van der Waals surface area (Å²) in [6.45, 7) is 1.70. The van der Waals surface area contributed by atoms with Gasteiger partial charge in [-0.2, -0.15) is 0 Å². The van der Waals surface area contributed by atoms with Crippen molar-refractivity contribution < 1.29 is 9.18 Å². The van der Waals surface area contributed by atoms with Crippen molar-refractivity contribution in [1.82, 2.24) is 16.0 Å². The number of hydrogen-bond donors (Lipinski definition) is 3. The number of aliphatic imine (C=N–C) groups is 1. The summed E-state index contributed by atoms with van der Waals surface area (Å²) in [6, 6.07) is 13.7. The van der Waals surface area contributed by atoms with Crippen LogP contribution in [-0.4, -0.2) is 38.5 Å². The number of nitrogens with one attached hydrogen (secondary N) is 3. The zero-order valence-corrected chi connectivity index (χ0v) is 18.9. The van der Waals surface area contributed by atoms with Crippen molar-refractivity contribution in [1.29, 1.82) is 0 Å². The molecule has 146 valence electrons. The van der Waals surface area contributed by atoms with Crippen molar-refractivity contribution in [3.05, 3.63) is 69.9 Å². The van der Waals surface area contributed by atoms with E-state index in [0.717, 1.165) is 16.5 Å². The van der Waals surface area contributed by atoms with Crippen LogP contribution in [0.1, 0.15) is 15.9 Å². The number of hydrogen-bond acceptors (Lipinski definition) is 2. The Hall–Kier alpha value is -1.68. The maximum absolute atomic E-state index is 12.9. The molecule has 0 atom stereocenters. The summed E-state index contributed by atoms with van der Waals surface area (Å²) in [4.78, 5) is 16.2. The lowest BCUT2D eigenvalue weighted by Crippen LogP contribution is -2.42. The molecule has 5 nitrogen and oxygen atoms in total. The highest BCUT2D eigenvalue weighted by Crippen LogP contribution is 2.11. The molecule has 0 radical (unpaired) electrons. The molecule has 0 bridgehead atoms. The SMILES string of the molecule is CN=C(NCCNC(=O)c1cccc(Br)c1)NCCc1ccc(F)cc1.I. The van der Waals surface area contributed by atoms with Gasteiger partial charge in [-0.25, -0.2) is 4.39 Å². The molecule has 0 aliphatic heterocycles. The standard InChI is InChI=1S/C19H22BrFN4O.HI/c1-22-19(24-10-9-14-5-7-17(21)8-6-14)25-12-11-23-18(26)15-3-2-4-16(20)13-15;/h2-8,13H,9-12H2,1H3,(H,23,26)(H2,22,24,25);1H. The van der Waals surface area contributed by atoms with Crippen LogP contribution < -0.4 is 16.0 Å². The zero-order chi connectivity index (χ0) is 18.8. The molecule has 2 aromatic carbocycles. The number of carbonyl (C=O) groups is 1. The van der Waals surface area contributed by atoms with Crippen LogP contribution in [0, 0.1) is 5.82 Å². The lowest BCUT2D eigenvalue weighted by Gasteiger charge is -2.12. The molecule has 2 rings (SSSR count). The Morgan fingerprint density at radius 3 is 2.37 bits per heavy atom. The Morgan fingerprint density at radius 1 is 1.04 bits per heavy atom. The molecule has 1 amide bonds. The average molecular weight is 549 g/mol. The van der Waals surface area contributed by atoms with E-state index in [1.165, 1.54) is 12.1 Å². The van der Waals surface area contributed by atoms with Gasteiger partial charge in [0.1, 0.15) is 5.82 Å². The highest BCUT2D eigenvalue weighted by molar-refractivity contribution is 14.0. The lowest BCUT2D eigenvalue weighted by atomic mass is 10.1. The maximum Gasteiger partial charge on any atom is 0.251 e. The summed E-state index contributed by atoms with van der Waals surface area (Å²) in [5.74, 6) is 0.306. The van der Waals surface area contributed by atoms with Crippen molar-refractivity contribution in [2.24, 2.45) is 4.99 Å². The van der Waals surface area contributed by atoms with Crippen LogP contribution in [0.15, 0.2) is 58.0 Å². The monoisotopic (exact) mass is 548 g/mol. The first kappa shape index (κ1) is 23.4. The molecule has 8 heteroatoms. The van der Waals surface area contributed by atoms with Crippen molar-refractivity contribution in [3.63, 3.8) is 0 Å². The molecule has 0 saturated carbocycles. The van der Waals surface area contributed by atoms with E-state index < -0.39 is 0 Å². The molecule has 27 heavy (non-hydrogen) atoms. The molecule has 0 aliphatic carbocycles. The number of benzene rings is 2. The van der Waals surface area contributed by atoms with E-state index in [1.54, 1.807) is 31.3 Å². The summed E-state index contributed by atoms with van der Waals surface area (Å²) in [6.07, 6.45) is 0.764. The second kappa shape index (κ2) is 12.7. The normalized spacial score (nSPS) is 10.7. The van der Waals surface area contributed by atoms with Gasteiger partial charge < -0.3 is 16.0 Å². The summed E-state index contributed by atoms with van der Waals surface area (Å²) in [5.41, 5.74) is 1.66. The molecule has 0 aromatic heterocycles. The Bertz CT molecular complexity index is 756. The van der Waals surface area contributed by atoms with Gasteiger partial charge in [0, 0.05) is 36.7 Å². The third-order valence-corrected chi connectivity index (χ3v) is 4.13. The Balaban J connectivity index is 0.00000364. The minimum Gasteiger partial charge on any atom is -0.356 e. The minimum absolute atomic E-state index is 0. The number of nitrogens with zero attached hydrogens (tertiary/aromatic N) is 1. The first-order valence-electron chi connectivity index (χ1n) is 8.31. The minimum atomic E-state index is -0.232. The van der Waals surface area contributed by atoms with Crippen LogP contribution in [0.25, 0.3) is 0 Å². The summed E-state index contributed by atoms with van der Waals surface area (Å²) < 4.78 is 13.7. The van der Waals surface area contributed by atoms with Gasteiger partial charge in [0.25, 0.3) is 5.91 Å². The third-order valence-electron chi connectivity index (χ3n) is 3.63.